The Kier molecular flexibility index (Phi) is 10.0. The van der Waals surface area contributed by atoms with Gasteiger partial charge in [-0.3, -0.25) is 5.41 Å². The monoisotopic (exact) mass is 490 g/mol. The smallest absolute Gasteiger partial charge is 0.158 e. The van der Waals surface area contributed by atoms with Gasteiger partial charge >= 0.3 is 0 Å². The molecule has 0 bridgehead atoms. The standard InChI is InChI=1S/C25H34N2O6S/c1-27(2)25(26)34-23-13-21(31-15-17-5-9-19(29-3)10-6-17)24(22(14-28)33-23)32-16-18-7-11-20(30-4)12-8-18/h5-12,21-24,26,28H,13-16H2,1-4H3/t21?,22-,23-,24?/m1/s1. The highest BCUT2D eigenvalue weighted by Crippen LogP contribution is 2.33. The zero-order valence-electron chi connectivity index (χ0n) is 20.1. The van der Waals surface area contributed by atoms with E-state index in [1.165, 1.54) is 11.8 Å². The molecule has 0 spiro atoms. The predicted octanol–water partition coefficient (Wildman–Crippen LogP) is 3.51. The molecule has 34 heavy (non-hydrogen) atoms. The highest BCUT2D eigenvalue weighted by atomic mass is 32.2. The average Bonchev–Trinajstić information content (AvgIpc) is 2.86. The molecule has 0 saturated carbocycles. The zero-order chi connectivity index (χ0) is 24.5. The number of nitrogens with one attached hydrogen (secondary N) is 1. The van der Waals surface area contributed by atoms with Gasteiger partial charge in [0.2, 0.25) is 0 Å². The van der Waals surface area contributed by atoms with Gasteiger partial charge in [-0.15, -0.1) is 0 Å². The molecule has 2 aromatic carbocycles. The first-order valence-electron chi connectivity index (χ1n) is 11.1. The van der Waals surface area contributed by atoms with Gasteiger partial charge in [0.15, 0.2) is 5.17 Å². The van der Waals surface area contributed by atoms with Gasteiger partial charge in [-0.2, -0.15) is 0 Å². The summed E-state index contributed by atoms with van der Waals surface area (Å²) in [5, 5.41) is 18.6. The molecule has 8 nitrogen and oxygen atoms in total. The molecule has 0 aliphatic carbocycles. The number of aliphatic hydroxyl groups is 1. The normalized spacial score (nSPS) is 22.3. The molecule has 0 aromatic heterocycles. The van der Waals surface area contributed by atoms with Crippen LogP contribution in [0.1, 0.15) is 17.5 Å². The summed E-state index contributed by atoms with van der Waals surface area (Å²) in [5.41, 5.74) is 1.66. The molecule has 1 aliphatic rings. The van der Waals surface area contributed by atoms with Gasteiger partial charge < -0.3 is 33.7 Å². The molecule has 9 heteroatoms. The van der Waals surface area contributed by atoms with E-state index in [0.29, 0.717) is 24.8 Å². The minimum absolute atomic E-state index is 0.206. The fraction of sp³-hybridized carbons (Fsp3) is 0.480. The van der Waals surface area contributed by atoms with Crippen molar-refractivity contribution in [3.05, 3.63) is 59.7 Å². The van der Waals surface area contributed by atoms with Gasteiger partial charge in [0, 0.05) is 20.5 Å². The highest BCUT2D eigenvalue weighted by molar-refractivity contribution is 8.14. The molecule has 2 N–H and O–H groups in total. The third-order valence-electron chi connectivity index (χ3n) is 5.54. The minimum atomic E-state index is -0.569. The summed E-state index contributed by atoms with van der Waals surface area (Å²) >= 11 is 1.31. The van der Waals surface area contributed by atoms with E-state index in [1.54, 1.807) is 19.1 Å². The molecule has 0 radical (unpaired) electrons. The minimum Gasteiger partial charge on any atom is -0.497 e. The fourth-order valence-electron chi connectivity index (χ4n) is 3.56. The number of methoxy groups -OCH3 is 2. The van der Waals surface area contributed by atoms with E-state index in [1.807, 2.05) is 62.6 Å². The highest BCUT2D eigenvalue weighted by Gasteiger charge is 2.41. The van der Waals surface area contributed by atoms with Crippen LogP contribution >= 0.6 is 11.8 Å². The second kappa shape index (κ2) is 13.0. The van der Waals surface area contributed by atoms with Crippen LogP contribution in [-0.2, 0) is 27.4 Å². The van der Waals surface area contributed by atoms with Crippen LogP contribution in [0.3, 0.4) is 0 Å². The van der Waals surface area contributed by atoms with Crippen LogP contribution in [0, 0.1) is 5.41 Å². The van der Waals surface area contributed by atoms with Gasteiger partial charge in [0.1, 0.15) is 29.1 Å². The van der Waals surface area contributed by atoms with Gasteiger partial charge in [-0.05, 0) is 35.4 Å². The van der Waals surface area contributed by atoms with Gasteiger partial charge in [-0.1, -0.05) is 36.0 Å². The maximum absolute atomic E-state index is 10.1. The lowest BCUT2D eigenvalue weighted by molar-refractivity contribution is -0.199. The van der Waals surface area contributed by atoms with Crippen molar-refractivity contribution in [1.82, 2.24) is 4.90 Å². The summed E-state index contributed by atoms with van der Waals surface area (Å²) in [6, 6.07) is 15.4. The maximum atomic E-state index is 10.1. The topological polar surface area (TPSA) is 93.5 Å². The number of thioether (sulfide) groups is 1. The first-order valence-corrected chi connectivity index (χ1v) is 12.0. The third kappa shape index (κ3) is 7.35. The van der Waals surface area contributed by atoms with Crippen molar-refractivity contribution in [1.29, 1.82) is 5.41 Å². The van der Waals surface area contributed by atoms with E-state index in [-0.39, 0.29) is 18.1 Å². The number of hydrogen-bond acceptors (Lipinski definition) is 8. The van der Waals surface area contributed by atoms with Crippen molar-refractivity contribution in [2.75, 3.05) is 34.9 Å². The van der Waals surface area contributed by atoms with Crippen LogP contribution in [0.2, 0.25) is 0 Å². The maximum Gasteiger partial charge on any atom is 0.158 e. The Balaban J connectivity index is 1.71. The summed E-state index contributed by atoms with van der Waals surface area (Å²) < 4.78 is 29.1. The molecule has 3 rings (SSSR count). The largest absolute Gasteiger partial charge is 0.497 e. The summed E-state index contributed by atoms with van der Waals surface area (Å²) in [6.07, 6.45) is -0.823. The lowest BCUT2D eigenvalue weighted by atomic mass is 10.0. The van der Waals surface area contributed by atoms with Gasteiger partial charge in [-0.25, -0.2) is 0 Å². The molecule has 2 aromatic rings. The Morgan fingerprint density at radius 2 is 1.50 bits per heavy atom. The third-order valence-corrected chi connectivity index (χ3v) is 6.69. The molecule has 2 unspecified atom stereocenters. The van der Waals surface area contributed by atoms with Gasteiger partial charge in [0.05, 0.1) is 40.1 Å². The van der Waals surface area contributed by atoms with Crippen LogP contribution in [-0.4, -0.2) is 73.8 Å². The van der Waals surface area contributed by atoms with Crippen molar-refractivity contribution in [3.8, 4) is 11.5 Å². The second-order valence-corrected chi connectivity index (χ2v) is 9.31. The molecule has 0 amide bonds. The van der Waals surface area contributed by atoms with Crippen LogP contribution in [0.4, 0.5) is 0 Å². The van der Waals surface area contributed by atoms with Crippen molar-refractivity contribution < 1.29 is 28.8 Å². The van der Waals surface area contributed by atoms with E-state index in [0.717, 1.165) is 22.6 Å². The summed E-state index contributed by atoms with van der Waals surface area (Å²) in [6.45, 7) is 0.530. The van der Waals surface area contributed by atoms with Crippen molar-refractivity contribution in [2.24, 2.45) is 0 Å². The Morgan fingerprint density at radius 1 is 0.971 bits per heavy atom. The number of benzene rings is 2. The van der Waals surface area contributed by atoms with Crippen molar-refractivity contribution >= 4 is 16.9 Å². The van der Waals surface area contributed by atoms with E-state index < -0.39 is 12.2 Å². The predicted molar refractivity (Wildman–Crippen MR) is 133 cm³/mol. The number of aliphatic hydroxyl groups excluding tert-OH is 1. The molecular weight excluding hydrogens is 456 g/mol. The van der Waals surface area contributed by atoms with E-state index in [4.69, 9.17) is 29.1 Å². The first kappa shape index (κ1) is 26.3. The van der Waals surface area contributed by atoms with Crippen LogP contribution in [0.5, 0.6) is 11.5 Å². The Bertz CT molecular complexity index is 893. The number of rotatable bonds is 10. The molecule has 4 atom stereocenters. The average molecular weight is 491 g/mol. The fourth-order valence-corrected chi connectivity index (χ4v) is 4.50. The Labute approximate surface area is 205 Å². The molecule has 1 aliphatic heterocycles. The summed E-state index contributed by atoms with van der Waals surface area (Å²) in [4.78, 5) is 1.72. The summed E-state index contributed by atoms with van der Waals surface area (Å²) in [5.74, 6) is 1.57. The molecule has 1 heterocycles. The lowest BCUT2D eigenvalue weighted by Gasteiger charge is -2.41. The molecule has 1 saturated heterocycles. The SMILES string of the molecule is COc1ccc(COC2C[C@@H](SC(=N)N(C)C)O[C@H](CO)C2OCc2ccc(OC)cc2)cc1. The van der Waals surface area contributed by atoms with Gasteiger partial charge in [0.25, 0.3) is 0 Å². The van der Waals surface area contributed by atoms with E-state index in [2.05, 4.69) is 0 Å². The quantitative estimate of drug-likeness (QED) is 0.386. The lowest BCUT2D eigenvalue weighted by Crippen LogP contribution is -2.51. The molecular formula is C25H34N2O6S. The molecule has 186 valence electrons. The van der Waals surface area contributed by atoms with Crippen LogP contribution in [0.25, 0.3) is 0 Å². The number of ether oxygens (including phenoxy) is 5. The molecule has 1 fully saturated rings. The van der Waals surface area contributed by atoms with Crippen LogP contribution in [0.15, 0.2) is 48.5 Å². The zero-order valence-corrected chi connectivity index (χ0v) is 20.9. The summed E-state index contributed by atoms with van der Waals surface area (Å²) in [7, 11) is 6.91. The Morgan fingerprint density at radius 3 is 1.97 bits per heavy atom. The number of nitrogens with zero attached hydrogens (tertiary/aromatic N) is 1. The van der Waals surface area contributed by atoms with Crippen molar-refractivity contribution in [3.63, 3.8) is 0 Å². The number of amidine groups is 1. The van der Waals surface area contributed by atoms with E-state index in [9.17, 15) is 5.11 Å². The van der Waals surface area contributed by atoms with E-state index >= 15 is 0 Å². The van der Waals surface area contributed by atoms with Crippen LogP contribution < -0.4 is 9.47 Å². The Hall–Kier alpha value is -2.30. The second-order valence-electron chi connectivity index (χ2n) is 8.16. The first-order chi connectivity index (χ1) is 16.4. The van der Waals surface area contributed by atoms with Crippen molar-refractivity contribution in [2.45, 2.75) is 43.4 Å². The number of hydrogen-bond donors (Lipinski definition) is 2.